The summed E-state index contributed by atoms with van der Waals surface area (Å²) in [5, 5.41) is 0. The molecule has 0 saturated heterocycles. The number of amides is 1. The van der Waals surface area contributed by atoms with E-state index in [2.05, 4.69) is 32.0 Å². The Hall–Kier alpha value is -2.49. The Morgan fingerprint density at radius 1 is 1.17 bits per heavy atom. The Balaban J connectivity index is 1.94. The van der Waals surface area contributed by atoms with Gasteiger partial charge in [0.15, 0.2) is 6.10 Å². The van der Waals surface area contributed by atoms with Crippen molar-refractivity contribution in [1.82, 2.24) is 0 Å². The van der Waals surface area contributed by atoms with Crippen LogP contribution in [0.4, 0.5) is 11.4 Å². The largest absolute Gasteiger partial charge is 0.478 e. The van der Waals surface area contributed by atoms with Gasteiger partial charge in [0.25, 0.3) is 5.91 Å². The standard InChI is InChI=1S/C19H22N2O2/c1-4-21-16-11-15(20)7-8-17(16)23-18(19(21)22)10-14-9-12(2)5-6-13(14)3/h5-9,11,18H,4,10,20H2,1-3H3. The lowest BCUT2D eigenvalue weighted by Gasteiger charge is -2.34. The third-order valence-corrected chi connectivity index (χ3v) is 4.31. The van der Waals surface area contributed by atoms with Crippen LogP contribution in [-0.4, -0.2) is 18.6 Å². The molecule has 2 N–H and O–H groups in total. The van der Waals surface area contributed by atoms with E-state index in [-0.39, 0.29) is 5.91 Å². The van der Waals surface area contributed by atoms with Crippen LogP contribution in [0, 0.1) is 13.8 Å². The number of nitrogens with two attached hydrogens (primary N) is 1. The maximum absolute atomic E-state index is 12.8. The maximum atomic E-state index is 12.8. The molecule has 2 aromatic rings. The van der Waals surface area contributed by atoms with E-state index in [1.165, 1.54) is 11.1 Å². The van der Waals surface area contributed by atoms with Crippen molar-refractivity contribution >= 4 is 17.3 Å². The Morgan fingerprint density at radius 2 is 1.96 bits per heavy atom. The second-order valence-electron chi connectivity index (χ2n) is 6.05. The quantitative estimate of drug-likeness (QED) is 0.885. The molecule has 4 heteroatoms. The molecule has 120 valence electrons. The van der Waals surface area contributed by atoms with Crippen molar-refractivity contribution in [2.24, 2.45) is 0 Å². The highest BCUT2D eigenvalue weighted by atomic mass is 16.5. The average Bonchev–Trinajstić information content (AvgIpc) is 2.52. The molecule has 0 bridgehead atoms. The lowest BCUT2D eigenvalue weighted by atomic mass is 9.98. The number of anilines is 2. The summed E-state index contributed by atoms with van der Waals surface area (Å²) >= 11 is 0. The number of aryl methyl sites for hydroxylation is 2. The fraction of sp³-hybridized carbons (Fsp3) is 0.316. The van der Waals surface area contributed by atoms with Crippen LogP contribution in [0.25, 0.3) is 0 Å². The SMILES string of the molecule is CCN1C(=O)C(Cc2cc(C)ccc2C)Oc2ccc(N)cc21. The zero-order chi connectivity index (χ0) is 16.6. The molecule has 1 aliphatic rings. The molecule has 1 heterocycles. The van der Waals surface area contributed by atoms with E-state index in [9.17, 15) is 4.79 Å². The summed E-state index contributed by atoms with van der Waals surface area (Å²) in [6, 6.07) is 11.7. The molecule has 23 heavy (non-hydrogen) atoms. The van der Waals surface area contributed by atoms with Gasteiger partial charge in [-0.2, -0.15) is 0 Å². The van der Waals surface area contributed by atoms with E-state index in [4.69, 9.17) is 10.5 Å². The van der Waals surface area contributed by atoms with Gasteiger partial charge in [0.05, 0.1) is 5.69 Å². The number of fused-ring (bicyclic) bond motifs is 1. The van der Waals surface area contributed by atoms with E-state index in [0.29, 0.717) is 18.7 Å². The minimum absolute atomic E-state index is 0.00786. The summed E-state index contributed by atoms with van der Waals surface area (Å²) in [7, 11) is 0. The van der Waals surface area contributed by atoms with Crippen molar-refractivity contribution in [3.05, 3.63) is 53.1 Å². The summed E-state index contributed by atoms with van der Waals surface area (Å²) in [6.45, 7) is 6.68. The van der Waals surface area contributed by atoms with Gasteiger partial charge in [0, 0.05) is 18.7 Å². The Labute approximate surface area is 136 Å². The summed E-state index contributed by atoms with van der Waals surface area (Å²) in [5.41, 5.74) is 10.8. The summed E-state index contributed by atoms with van der Waals surface area (Å²) in [5.74, 6) is 0.711. The summed E-state index contributed by atoms with van der Waals surface area (Å²) in [6.07, 6.45) is 0.0821. The van der Waals surface area contributed by atoms with Gasteiger partial charge in [-0.1, -0.05) is 23.8 Å². The third kappa shape index (κ3) is 2.89. The number of rotatable bonds is 3. The van der Waals surface area contributed by atoms with Gasteiger partial charge in [0.2, 0.25) is 0 Å². The van der Waals surface area contributed by atoms with Crippen molar-refractivity contribution in [1.29, 1.82) is 0 Å². The molecule has 3 rings (SSSR count). The molecule has 1 aliphatic heterocycles. The van der Waals surface area contributed by atoms with Crippen LogP contribution in [0.2, 0.25) is 0 Å². The monoisotopic (exact) mass is 310 g/mol. The number of hydrogen-bond acceptors (Lipinski definition) is 3. The first kappa shape index (κ1) is 15.4. The van der Waals surface area contributed by atoms with Crippen molar-refractivity contribution in [2.75, 3.05) is 17.2 Å². The zero-order valence-corrected chi connectivity index (χ0v) is 13.8. The van der Waals surface area contributed by atoms with Gasteiger partial charge >= 0.3 is 0 Å². The number of ether oxygens (including phenoxy) is 1. The first-order valence-corrected chi connectivity index (χ1v) is 7.93. The molecular weight excluding hydrogens is 288 g/mol. The minimum Gasteiger partial charge on any atom is -0.478 e. The molecule has 2 aromatic carbocycles. The fourth-order valence-corrected chi connectivity index (χ4v) is 3.02. The molecule has 0 radical (unpaired) electrons. The summed E-state index contributed by atoms with van der Waals surface area (Å²) in [4.78, 5) is 14.5. The van der Waals surface area contributed by atoms with Gasteiger partial charge in [-0.15, -0.1) is 0 Å². The molecule has 0 spiro atoms. The molecule has 1 unspecified atom stereocenters. The average molecular weight is 310 g/mol. The van der Waals surface area contributed by atoms with Crippen molar-refractivity contribution in [3.8, 4) is 5.75 Å². The Kier molecular flexibility index (Phi) is 3.99. The first-order valence-electron chi connectivity index (χ1n) is 7.93. The highest BCUT2D eigenvalue weighted by Gasteiger charge is 2.34. The Bertz CT molecular complexity index is 755. The van der Waals surface area contributed by atoms with Gasteiger partial charge < -0.3 is 15.4 Å². The van der Waals surface area contributed by atoms with E-state index in [1.807, 2.05) is 13.0 Å². The molecule has 1 atom stereocenters. The molecule has 0 saturated carbocycles. The van der Waals surface area contributed by atoms with Gasteiger partial charge in [0.1, 0.15) is 5.75 Å². The number of hydrogen-bond donors (Lipinski definition) is 1. The third-order valence-electron chi connectivity index (χ3n) is 4.31. The summed E-state index contributed by atoms with van der Waals surface area (Å²) < 4.78 is 5.98. The predicted octanol–water partition coefficient (Wildman–Crippen LogP) is 3.24. The van der Waals surface area contributed by atoms with Crippen molar-refractivity contribution in [3.63, 3.8) is 0 Å². The van der Waals surface area contributed by atoms with Crippen LogP contribution < -0.4 is 15.4 Å². The van der Waals surface area contributed by atoms with E-state index in [0.717, 1.165) is 17.0 Å². The van der Waals surface area contributed by atoms with Crippen LogP contribution in [0.5, 0.6) is 5.75 Å². The molecule has 0 aromatic heterocycles. The number of likely N-dealkylation sites (N-methyl/N-ethyl adjacent to an activating group) is 1. The number of carbonyl (C=O) groups excluding carboxylic acids is 1. The van der Waals surface area contributed by atoms with E-state index < -0.39 is 6.10 Å². The number of nitrogens with zero attached hydrogens (tertiary/aromatic N) is 1. The highest BCUT2D eigenvalue weighted by Crippen LogP contribution is 2.36. The normalized spacial score (nSPS) is 16.9. The molecule has 0 aliphatic carbocycles. The smallest absolute Gasteiger partial charge is 0.268 e. The zero-order valence-electron chi connectivity index (χ0n) is 13.8. The maximum Gasteiger partial charge on any atom is 0.268 e. The minimum atomic E-state index is -0.494. The topological polar surface area (TPSA) is 55.6 Å². The predicted molar refractivity (Wildman–Crippen MR) is 92.9 cm³/mol. The van der Waals surface area contributed by atoms with E-state index in [1.54, 1.807) is 17.0 Å². The second-order valence-corrected chi connectivity index (χ2v) is 6.05. The number of carbonyl (C=O) groups is 1. The lowest BCUT2D eigenvalue weighted by molar-refractivity contribution is -0.126. The van der Waals surface area contributed by atoms with Crippen LogP contribution in [0.3, 0.4) is 0 Å². The Morgan fingerprint density at radius 3 is 2.70 bits per heavy atom. The highest BCUT2D eigenvalue weighted by molar-refractivity contribution is 6.00. The lowest BCUT2D eigenvalue weighted by Crippen LogP contribution is -2.47. The van der Waals surface area contributed by atoms with Gasteiger partial charge in [-0.25, -0.2) is 0 Å². The van der Waals surface area contributed by atoms with Gasteiger partial charge in [-0.05, 0) is 50.1 Å². The van der Waals surface area contributed by atoms with Gasteiger partial charge in [-0.3, -0.25) is 4.79 Å². The second kappa shape index (κ2) is 5.95. The fourth-order valence-electron chi connectivity index (χ4n) is 3.02. The number of benzene rings is 2. The molecule has 0 fully saturated rings. The van der Waals surface area contributed by atoms with Crippen LogP contribution in [-0.2, 0) is 11.2 Å². The van der Waals surface area contributed by atoms with Crippen LogP contribution in [0.1, 0.15) is 23.6 Å². The van der Waals surface area contributed by atoms with Crippen LogP contribution in [0.15, 0.2) is 36.4 Å². The van der Waals surface area contributed by atoms with Crippen molar-refractivity contribution in [2.45, 2.75) is 33.3 Å². The van der Waals surface area contributed by atoms with Crippen molar-refractivity contribution < 1.29 is 9.53 Å². The molecule has 1 amide bonds. The number of nitrogen functional groups attached to an aromatic ring is 1. The van der Waals surface area contributed by atoms with Crippen LogP contribution >= 0.6 is 0 Å². The first-order chi connectivity index (χ1) is 11.0. The van der Waals surface area contributed by atoms with E-state index >= 15 is 0 Å². The molecule has 4 nitrogen and oxygen atoms in total. The molecular formula is C19H22N2O2.